The van der Waals surface area contributed by atoms with Crippen molar-refractivity contribution >= 4 is 27.3 Å². The third-order valence-corrected chi connectivity index (χ3v) is 7.04. The maximum Gasteiger partial charge on any atom is 0.279 e. The third kappa shape index (κ3) is 6.54. The van der Waals surface area contributed by atoms with Gasteiger partial charge in [0.15, 0.2) is 22.9 Å². The number of carbonyl (C=O) groups is 2. The first-order valence-electron chi connectivity index (χ1n) is 10.2. The van der Waals surface area contributed by atoms with Gasteiger partial charge in [-0.1, -0.05) is 24.6 Å². The molecule has 162 valence electrons. The van der Waals surface area contributed by atoms with Gasteiger partial charge in [0.1, 0.15) is 0 Å². The van der Waals surface area contributed by atoms with Crippen molar-refractivity contribution in [1.29, 1.82) is 0 Å². The number of benzene rings is 1. The average molecular weight is 425 g/mol. The molecule has 1 aliphatic rings. The summed E-state index contributed by atoms with van der Waals surface area (Å²) in [6.45, 7) is 8.80. The number of carbonyl (C=O) groups excluding carboxylic acids is 2. The molecular formula is C21H34N3O4S+. The lowest BCUT2D eigenvalue weighted by molar-refractivity contribution is -0.862. The molecule has 0 spiro atoms. The highest BCUT2D eigenvalue weighted by molar-refractivity contribution is 7.91. The number of rotatable bonds is 8. The number of nitrogens with one attached hydrogen (secondary N) is 2. The van der Waals surface area contributed by atoms with Crippen molar-refractivity contribution in [2.75, 3.05) is 43.5 Å². The molecule has 2 amide bonds. The largest absolute Gasteiger partial charge is 0.334 e. The summed E-state index contributed by atoms with van der Waals surface area (Å²) in [6, 6.07) is 3.81. The number of anilines is 1. The summed E-state index contributed by atoms with van der Waals surface area (Å²) < 4.78 is 23.6. The predicted molar refractivity (Wildman–Crippen MR) is 115 cm³/mol. The molecule has 0 radical (unpaired) electrons. The first kappa shape index (κ1) is 23.3. The second kappa shape index (κ2) is 9.71. The van der Waals surface area contributed by atoms with Crippen molar-refractivity contribution in [3.63, 3.8) is 0 Å². The minimum Gasteiger partial charge on any atom is -0.334 e. The van der Waals surface area contributed by atoms with Gasteiger partial charge < -0.3 is 15.1 Å². The van der Waals surface area contributed by atoms with E-state index in [0.717, 1.165) is 33.7 Å². The van der Waals surface area contributed by atoms with Crippen LogP contribution in [0.25, 0.3) is 0 Å². The van der Waals surface area contributed by atoms with Crippen LogP contribution >= 0.6 is 0 Å². The van der Waals surface area contributed by atoms with Crippen LogP contribution in [-0.4, -0.2) is 69.4 Å². The Kier molecular flexibility index (Phi) is 7.82. The number of nitrogens with zero attached hydrogens (tertiary/aromatic N) is 1. The standard InChI is InChI=1S/C21H33N3O4S/c1-6-8-24(18-7-9-29(27,28)14-18)20(26)13-23(5)12-19(25)22-21-16(3)10-15(2)11-17(21)4/h10-11,18H,6-9,12-14H2,1-5H3,(H,22,25)/p+1/t18-/m1/s1. The van der Waals surface area contributed by atoms with E-state index in [4.69, 9.17) is 0 Å². The molecule has 1 aromatic rings. The molecule has 1 fully saturated rings. The fraction of sp³-hybridized carbons (Fsp3) is 0.619. The van der Waals surface area contributed by atoms with Gasteiger partial charge in [0.05, 0.1) is 18.6 Å². The molecule has 2 atom stereocenters. The molecular weight excluding hydrogens is 390 g/mol. The highest BCUT2D eigenvalue weighted by Crippen LogP contribution is 2.21. The fourth-order valence-corrected chi connectivity index (χ4v) is 5.76. The average Bonchev–Trinajstić information content (AvgIpc) is 2.95. The Morgan fingerprint density at radius 3 is 2.31 bits per heavy atom. The van der Waals surface area contributed by atoms with Gasteiger partial charge in [0, 0.05) is 18.3 Å². The lowest BCUT2D eigenvalue weighted by Gasteiger charge is -2.28. The molecule has 1 heterocycles. The van der Waals surface area contributed by atoms with Crippen molar-refractivity contribution in [3.8, 4) is 0 Å². The molecule has 1 aliphatic heterocycles. The Labute approximate surface area is 174 Å². The number of aryl methyl sites for hydroxylation is 3. The predicted octanol–water partition coefficient (Wildman–Crippen LogP) is 0.491. The first-order chi connectivity index (χ1) is 13.5. The van der Waals surface area contributed by atoms with Crippen LogP contribution in [0, 0.1) is 20.8 Å². The summed E-state index contributed by atoms with van der Waals surface area (Å²) in [5.41, 5.74) is 4.00. The molecule has 1 saturated heterocycles. The highest BCUT2D eigenvalue weighted by Gasteiger charge is 2.35. The van der Waals surface area contributed by atoms with Crippen LogP contribution in [0.3, 0.4) is 0 Å². The topological polar surface area (TPSA) is 88.0 Å². The van der Waals surface area contributed by atoms with E-state index in [0.29, 0.717) is 13.0 Å². The van der Waals surface area contributed by atoms with Crippen LogP contribution < -0.4 is 10.2 Å². The molecule has 2 N–H and O–H groups in total. The minimum absolute atomic E-state index is 0.0459. The Hall–Kier alpha value is -1.93. The van der Waals surface area contributed by atoms with Crippen LogP contribution in [-0.2, 0) is 19.4 Å². The Balaban J connectivity index is 1.95. The zero-order chi connectivity index (χ0) is 21.8. The number of quaternary nitrogens is 1. The smallest absolute Gasteiger partial charge is 0.279 e. The molecule has 0 aliphatic carbocycles. The van der Waals surface area contributed by atoms with Crippen LogP contribution in [0.1, 0.15) is 36.5 Å². The van der Waals surface area contributed by atoms with Crippen LogP contribution in [0.15, 0.2) is 12.1 Å². The lowest BCUT2D eigenvalue weighted by Crippen LogP contribution is -3.11. The van der Waals surface area contributed by atoms with Gasteiger partial charge in [0.2, 0.25) is 0 Å². The Morgan fingerprint density at radius 2 is 1.79 bits per heavy atom. The van der Waals surface area contributed by atoms with E-state index in [1.165, 1.54) is 0 Å². The van der Waals surface area contributed by atoms with Crippen LogP contribution in [0.2, 0.25) is 0 Å². The second-order valence-corrected chi connectivity index (χ2v) is 10.5. The van der Waals surface area contributed by atoms with Crippen LogP contribution in [0.4, 0.5) is 5.69 Å². The molecule has 0 saturated carbocycles. The van der Waals surface area contributed by atoms with Gasteiger partial charge in [-0.05, 0) is 44.7 Å². The van der Waals surface area contributed by atoms with E-state index < -0.39 is 9.84 Å². The molecule has 0 aromatic heterocycles. The van der Waals surface area contributed by atoms with E-state index in [-0.39, 0.29) is 42.5 Å². The normalized spacial score (nSPS) is 19.0. The summed E-state index contributed by atoms with van der Waals surface area (Å²) in [7, 11) is -1.24. The highest BCUT2D eigenvalue weighted by atomic mass is 32.2. The van der Waals surface area contributed by atoms with Gasteiger partial charge in [-0.2, -0.15) is 0 Å². The molecule has 29 heavy (non-hydrogen) atoms. The van der Waals surface area contributed by atoms with Gasteiger partial charge in [-0.25, -0.2) is 8.42 Å². The Morgan fingerprint density at radius 1 is 1.17 bits per heavy atom. The molecule has 1 aromatic carbocycles. The molecule has 0 bridgehead atoms. The van der Waals surface area contributed by atoms with Crippen molar-refractivity contribution in [3.05, 3.63) is 28.8 Å². The number of sulfone groups is 1. The molecule has 1 unspecified atom stereocenters. The van der Waals surface area contributed by atoms with Crippen molar-refractivity contribution in [1.82, 2.24) is 4.90 Å². The van der Waals surface area contributed by atoms with Crippen molar-refractivity contribution in [2.24, 2.45) is 0 Å². The van der Waals surface area contributed by atoms with E-state index in [9.17, 15) is 18.0 Å². The zero-order valence-electron chi connectivity index (χ0n) is 18.2. The first-order valence-corrected chi connectivity index (χ1v) is 12.0. The summed E-state index contributed by atoms with van der Waals surface area (Å²) in [5.74, 6) is -0.0479. The lowest BCUT2D eigenvalue weighted by atomic mass is 10.1. The number of likely N-dealkylation sites (N-methyl/N-ethyl adjacent to an activating group) is 1. The van der Waals surface area contributed by atoms with E-state index in [1.54, 1.807) is 4.90 Å². The van der Waals surface area contributed by atoms with E-state index >= 15 is 0 Å². The summed E-state index contributed by atoms with van der Waals surface area (Å²) in [6.07, 6.45) is 1.27. The fourth-order valence-electron chi connectivity index (χ4n) is 4.03. The monoisotopic (exact) mass is 424 g/mol. The maximum absolute atomic E-state index is 12.8. The third-order valence-electron chi connectivity index (χ3n) is 5.29. The van der Waals surface area contributed by atoms with Gasteiger partial charge in [0.25, 0.3) is 11.8 Å². The minimum atomic E-state index is -3.05. The van der Waals surface area contributed by atoms with Crippen molar-refractivity contribution in [2.45, 2.75) is 46.6 Å². The summed E-state index contributed by atoms with van der Waals surface area (Å²) in [5, 5.41) is 2.97. The van der Waals surface area contributed by atoms with Crippen molar-refractivity contribution < 1.29 is 22.9 Å². The number of amides is 2. The zero-order valence-corrected chi connectivity index (χ0v) is 19.0. The van der Waals surface area contributed by atoms with Gasteiger partial charge in [-0.15, -0.1) is 0 Å². The number of hydrogen-bond donors (Lipinski definition) is 2. The summed E-state index contributed by atoms with van der Waals surface area (Å²) >= 11 is 0. The van der Waals surface area contributed by atoms with E-state index in [1.807, 2.05) is 46.9 Å². The maximum atomic E-state index is 12.8. The second-order valence-electron chi connectivity index (χ2n) is 8.28. The molecule has 2 rings (SSSR count). The molecule has 7 nitrogen and oxygen atoms in total. The van der Waals surface area contributed by atoms with Gasteiger partial charge >= 0.3 is 0 Å². The van der Waals surface area contributed by atoms with Crippen LogP contribution in [0.5, 0.6) is 0 Å². The van der Waals surface area contributed by atoms with Gasteiger partial charge in [-0.3, -0.25) is 9.59 Å². The number of hydrogen-bond acceptors (Lipinski definition) is 4. The SMILES string of the molecule is CCCN(C(=O)C[NH+](C)CC(=O)Nc1c(C)cc(C)cc1C)[C@@H]1CCS(=O)(=O)C1. The van der Waals surface area contributed by atoms with E-state index in [2.05, 4.69) is 5.32 Å². The quantitative estimate of drug-likeness (QED) is 0.636. The Bertz CT molecular complexity index is 844. The summed E-state index contributed by atoms with van der Waals surface area (Å²) in [4.78, 5) is 27.8. The molecule has 8 heteroatoms.